The number of hydrogen-bond acceptors (Lipinski definition) is 3. The summed E-state index contributed by atoms with van der Waals surface area (Å²) >= 11 is 0. The van der Waals surface area contributed by atoms with Crippen LogP contribution < -0.4 is 5.32 Å². The Morgan fingerprint density at radius 3 is 2.94 bits per heavy atom. The van der Waals surface area contributed by atoms with Gasteiger partial charge in [0.05, 0.1) is 17.1 Å². The molecule has 5 heteroatoms. The average Bonchev–Trinajstić information content (AvgIpc) is 2.70. The molecular formula is C13H16FN3O. The molecule has 1 aromatic heterocycles. The number of aromatic amines is 1. The minimum atomic E-state index is -0.281. The summed E-state index contributed by atoms with van der Waals surface area (Å²) in [5, 5.41) is 12.9. The van der Waals surface area contributed by atoms with Crippen molar-refractivity contribution < 1.29 is 9.50 Å². The fourth-order valence-electron chi connectivity index (χ4n) is 2.36. The third-order valence-corrected chi connectivity index (χ3v) is 3.97. The number of imidazole rings is 1. The van der Waals surface area contributed by atoms with Crippen LogP contribution >= 0.6 is 0 Å². The number of halogens is 1. The fourth-order valence-corrected chi connectivity index (χ4v) is 2.36. The average molecular weight is 249 g/mol. The minimum Gasteiger partial charge on any atom is -0.392 e. The zero-order chi connectivity index (χ0) is 12.9. The monoisotopic (exact) mass is 249 g/mol. The van der Waals surface area contributed by atoms with Crippen LogP contribution in [0.3, 0.4) is 0 Å². The van der Waals surface area contributed by atoms with Crippen molar-refractivity contribution in [3.05, 3.63) is 24.0 Å². The number of nitrogens with zero attached hydrogens (tertiary/aromatic N) is 1. The number of benzene rings is 1. The van der Waals surface area contributed by atoms with Crippen molar-refractivity contribution in [2.45, 2.75) is 32.4 Å². The maximum Gasteiger partial charge on any atom is 0.201 e. The number of rotatable bonds is 2. The van der Waals surface area contributed by atoms with E-state index in [2.05, 4.69) is 15.3 Å². The first-order chi connectivity index (χ1) is 8.46. The van der Waals surface area contributed by atoms with E-state index >= 15 is 0 Å². The van der Waals surface area contributed by atoms with Gasteiger partial charge in [0, 0.05) is 11.5 Å². The molecule has 0 radical (unpaired) electrons. The van der Waals surface area contributed by atoms with Crippen molar-refractivity contribution in [3.63, 3.8) is 0 Å². The van der Waals surface area contributed by atoms with Crippen molar-refractivity contribution in [2.75, 3.05) is 5.32 Å². The number of anilines is 1. The Morgan fingerprint density at radius 2 is 2.28 bits per heavy atom. The molecule has 0 aliphatic heterocycles. The number of fused-ring (bicyclic) bond motifs is 1. The maximum atomic E-state index is 13.1. The summed E-state index contributed by atoms with van der Waals surface area (Å²) in [5.74, 6) is 0.345. The van der Waals surface area contributed by atoms with Crippen LogP contribution in [0.25, 0.3) is 11.0 Å². The molecule has 4 nitrogen and oxygen atoms in total. The largest absolute Gasteiger partial charge is 0.392 e. The molecule has 0 saturated heterocycles. The van der Waals surface area contributed by atoms with Gasteiger partial charge in [-0.05, 0) is 24.6 Å². The lowest BCUT2D eigenvalue weighted by atomic mass is 9.65. The van der Waals surface area contributed by atoms with E-state index in [4.69, 9.17) is 0 Å². The molecule has 0 spiro atoms. The van der Waals surface area contributed by atoms with Crippen LogP contribution in [0.4, 0.5) is 10.3 Å². The van der Waals surface area contributed by atoms with Gasteiger partial charge in [0.2, 0.25) is 5.95 Å². The zero-order valence-corrected chi connectivity index (χ0v) is 10.4. The molecule has 18 heavy (non-hydrogen) atoms. The number of H-pyrrole nitrogens is 1. The van der Waals surface area contributed by atoms with Crippen LogP contribution in [0.2, 0.25) is 0 Å². The highest BCUT2D eigenvalue weighted by Crippen LogP contribution is 2.41. The van der Waals surface area contributed by atoms with Gasteiger partial charge in [0.25, 0.3) is 0 Å². The van der Waals surface area contributed by atoms with Crippen molar-refractivity contribution in [3.8, 4) is 0 Å². The summed E-state index contributed by atoms with van der Waals surface area (Å²) in [6.07, 6.45) is 0.426. The van der Waals surface area contributed by atoms with Gasteiger partial charge < -0.3 is 15.4 Å². The second kappa shape index (κ2) is 3.68. The van der Waals surface area contributed by atoms with Gasteiger partial charge in [0.15, 0.2) is 0 Å². The summed E-state index contributed by atoms with van der Waals surface area (Å²) in [6, 6.07) is 4.64. The summed E-state index contributed by atoms with van der Waals surface area (Å²) < 4.78 is 13.1. The van der Waals surface area contributed by atoms with Gasteiger partial charge >= 0.3 is 0 Å². The quantitative estimate of drug-likeness (QED) is 0.765. The molecule has 2 unspecified atom stereocenters. The van der Waals surface area contributed by atoms with Crippen LogP contribution in [0, 0.1) is 11.2 Å². The first-order valence-electron chi connectivity index (χ1n) is 6.06. The van der Waals surface area contributed by atoms with Crippen molar-refractivity contribution >= 4 is 17.0 Å². The Labute approximate surface area is 104 Å². The lowest BCUT2D eigenvalue weighted by Crippen LogP contribution is -2.57. The number of aliphatic hydroxyl groups is 1. The van der Waals surface area contributed by atoms with E-state index in [0.29, 0.717) is 17.9 Å². The molecule has 1 aliphatic carbocycles. The minimum absolute atomic E-state index is 0.162. The topological polar surface area (TPSA) is 60.9 Å². The molecule has 96 valence electrons. The lowest BCUT2D eigenvalue weighted by molar-refractivity contribution is -0.0512. The van der Waals surface area contributed by atoms with Crippen molar-refractivity contribution in [2.24, 2.45) is 5.41 Å². The van der Waals surface area contributed by atoms with Gasteiger partial charge in [-0.1, -0.05) is 13.8 Å². The van der Waals surface area contributed by atoms with Crippen LogP contribution in [-0.2, 0) is 0 Å². The standard InChI is InChI=1S/C13H16FN3O/c1-13(2)10(6-11(13)18)17-12-15-8-4-3-7(14)5-9(8)16-12/h3-5,10-11,18H,6H2,1-2H3,(H2,15,16,17). The predicted octanol–water partition coefficient (Wildman–Crippen LogP) is 2.27. The van der Waals surface area contributed by atoms with Crippen LogP contribution in [-0.4, -0.2) is 27.2 Å². The third kappa shape index (κ3) is 1.66. The van der Waals surface area contributed by atoms with Gasteiger partial charge in [-0.3, -0.25) is 0 Å². The Morgan fingerprint density at radius 1 is 1.50 bits per heavy atom. The van der Waals surface area contributed by atoms with E-state index in [1.807, 2.05) is 13.8 Å². The molecule has 1 aliphatic rings. The van der Waals surface area contributed by atoms with E-state index in [1.165, 1.54) is 12.1 Å². The first kappa shape index (κ1) is 11.5. The molecule has 3 N–H and O–H groups in total. The van der Waals surface area contributed by atoms with Gasteiger partial charge in [-0.15, -0.1) is 0 Å². The molecular weight excluding hydrogens is 233 g/mol. The molecule has 2 atom stereocenters. The second-order valence-electron chi connectivity index (χ2n) is 5.52. The summed E-state index contributed by atoms with van der Waals surface area (Å²) in [6.45, 7) is 4.03. The number of hydrogen-bond donors (Lipinski definition) is 3. The molecule has 1 aromatic carbocycles. The Bertz CT molecular complexity index is 593. The lowest BCUT2D eigenvalue weighted by Gasteiger charge is -2.49. The zero-order valence-electron chi connectivity index (χ0n) is 10.4. The SMILES string of the molecule is CC1(C)C(O)CC1Nc1nc2ccc(F)cc2[nH]1. The van der Waals surface area contributed by atoms with Crippen molar-refractivity contribution in [1.82, 2.24) is 9.97 Å². The highest BCUT2D eigenvalue weighted by molar-refractivity contribution is 5.77. The molecule has 1 heterocycles. The first-order valence-corrected chi connectivity index (χ1v) is 6.06. The summed E-state index contributed by atoms with van der Waals surface area (Å²) in [4.78, 5) is 7.40. The van der Waals surface area contributed by atoms with Gasteiger partial charge in [-0.25, -0.2) is 9.37 Å². The smallest absolute Gasteiger partial charge is 0.201 e. The highest BCUT2D eigenvalue weighted by Gasteiger charge is 2.47. The number of nitrogens with one attached hydrogen (secondary N) is 2. The maximum absolute atomic E-state index is 13.1. The molecule has 0 bridgehead atoms. The predicted molar refractivity (Wildman–Crippen MR) is 67.9 cm³/mol. The Balaban J connectivity index is 1.84. The fraction of sp³-hybridized carbons (Fsp3) is 0.462. The molecule has 0 amide bonds. The van der Waals surface area contributed by atoms with Gasteiger partial charge in [0.1, 0.15) is 5.82 Å². The molecule has 3 rings (SSSR count). The molecule has 2 aromatic rings. The number of aromatic nitrogens is 2. The van der Waals surface area contributed by atoms with Crippen LogP contribution in [0.1, 0.15) is 20.3 Å². The Kier molecular flexibility index (Phi) is 2.35. The normalized spacial score (nSPS) is 26.0. The van der Waals surface area contributed by atoms with Crippen molar-refractivity contribution in [1.29, 1.82) is 0 Å². The Hall–Kier alpha value is -1.62. The van der Waals surface area contributed by atoms with E-state index in [9.17, 15) is 9.50 Å². The molecule has 1 fully saturated rings. The second-order valence-corrected chi connectivity index (χ2v) is 5.52. The van der Waals surface area contributed by atoms with Gasteiger partial charge in [-0.2, -0.15) is 0 Å². The highest BCUT2D eigenvalue weighted by atomic mass is 19.1. The van der Waals surface area contributed by atoms with Crippen LogP contribution in [0.5, 0.6) is 0 Å². The third-order valence-electron chi connectivity index (χ3n) is 3.97. The number of aliphatic hydroxyl groups excluding tert-OH is 1. The summed E-state index contributed by atoms with van der Waals surface area (Å²) in [5.41, 5.74) is 1.25. The van der Waals surface area contributed by atoms with E-state index in [1.54, 1.807) is 6.07 Å². The van der Waals surface area contributed by atoms with E-state index < -0.39 is 0 Å². The van der Waals surface area contributed by atoms with E-state index in [-0.39, 0.29) is 23.4 Å². The van der Waals surface area contributed by atoms with E-state index in [0.717, 1.165) is 5.52 Å². The summed E-state index contributed by atoms with van der Waals surface area (Å²) in [7, 11) is 0. The van der Waals surface area contributed by atoms with Crippen LogP contribution in [0.15, 0.2) is 18.2 Å². The molecule has 1 saturated carbocycles.